The van der Waals surface area contributed by atoms with Crippen molar-refractivity contribution in [3.8, 4) is 5.69 Å². The molecule has 0 radical (unpaired) electrons. The Hall–Kier alpha value is -4.10. The normalized spacial score (nSPS) is 10.7. The molecule has 184 valence electrons. The van der Waals surface area contributed by atoms with E-state index in [1.54, 1.807) is 24.3 Å². The van der Waals surface area contributed by atoms with Crippen LogP contribution in [0, 0.1) is 0 Å². The highest BCUT2D eigenvalue weighted by atomic mass is 32.2. The van der Waals surface area contributed by atoms with Crippen LogP contribution < -0.4 is 16.6 Å². The van der Waals surface area contributed by atoms with Crippen LogP contribution in [-0.4, -0.2) is 49.5 Å². The number of thioether (sulfide) groups is 2. The van der Waals surface area contributed by atoms with Crippen molar-refractivity contribution in [2.45, 2.75) is 16.1 Å². The molecule has 2 heterocycles. The molecule has 4 aromatic rings. The molecule has 4 rings (SSSR count). The number of carbonyl (C=O) groups is 2. The van der Waals surface area contributed by atoms with Gasteiger partial charge in [-0.2, -0.15) is 0 Å². The van der Waals surface area contributed by atoms with Crippen LogP contribution in [0.15, 0.2) is 75.8 Å². The summed E-state index contributed by atoms with van der Waals surface area (Å²) < 4.78 is 6.52. The zero-order valence-electron chi connectivity index (χ0n) is 19.0. The third-order valence-corrected chi connectivity index (χ3v) is 6.51. The molecule has 0 saturated heterocycles. The minimum absolute atomic E-state index is 0.0843. The van der Waals surface area contributed by atoms with E-state index < -0.39 is 5.97 Å². The number of hydrogen-bond donors (Lipinski definition) is 3. The Morgan fingerprint density at radius 2 is 1.83 bits per heavy atom. The van der Waals surface area contributed by atoms with Crippen molar-refractivity contribution in [2.75, 3.05) is 23.9 Å². The predicted molar refractivity (Wildman–Crippen MR) is 137 cm³/mol. The molecule has 11 nitrogen and oxygen atoms in total. The number of H-pyrrole nitrogens is 1. The van der Waals surface area contributed by atoms with E-state index in [0.29, 0.717) is 33.1 Å². The standard InChI is InChI=1S/C23H21N7O4S2/c1-34-21(33)14-7-9-15(10-8-14)25-20(32)13-36-23-29-28-18(30(23)16-5-3-2-4-6-16)12-35-22-26-17(24)11-19(31)27-22/h2-11H,12-13H2,1H3,(H,25,32)(H3,24,26,27,31). The van der Waals surface area contributed by atoms with Gasteiger partial charge in [0.25, 0.3) is 5.56 Å². The van der Waals surface area contributed by atoms with E-state index >= 15 is 0 Å². The summed E-state index contributed by atoms with van der Waals surface area (Å²) in [5.41, 5.74) is 7.10. The molecular formula is C23H21N7O4S2. The molecule has 0 bridgehead atoms. The lowest BCUT2D eigenvalue weighted by Crippen LogP contribution is -2.15. The summed E-state index contributed by atoms with van der Waals surface area (Å²) >= 11 is 2.49. The first-order chi connectivity index (χ1) is 17.4. The van der Waals surface area contributed by atoms with Gasteiger partial charge in [0.05, 0.1) is 24.2 Å². The molecule has 36 heavy (non-hydrogen) atoms. The van der Waals surface area contributed by atoms with Gasteiger partial charge in [0, 0.05) is 17.4 Å². The third-order valence-electron chi connectivity index (χ3n) is 4.71. The Balaban J connectivity index is 1.46. The second kappa shape index (κ2) is 11.6. The minimum Gasteiger partial charge on any atom is -0.465 e. The average molecular weight is 524 g/mol. The van der Waals surface area contributed by atoms with Crippen LogP contribution in [0.4, 0.5) is 11.5 Å². The second-order valence-corrected chi connectivity index (χ2v) is 9.15. The van der Waals surface area contributed by atoms with E-state index in [4.69, 9.17) is 5.73 Å². The van der Waals surface area contributed by atoms with Gasteiger partial charge in [-0.3, -0.25) is 14.2 Å². The number of nitrogens with one attached hydrogen (secondary N) is 2. The number of nitrogens with two attached hydrogens (primary N) is 1. The summed E-state index contributed by atoms with van der Waals surface area (Å²) in [4.78, 5) is 42.5. The first-order valence-corrected chi connectivity index (χ1v) is 12.5. The number of ether oxygens (including phenoxy) is 1. The number of aromatic nitrogens is 5. The largest absolute Gasteiger partial charge is 0.465 e. The van der Waals surface area contributed by atoms with Crippen molar-refractivity contribution in [2.24, 2.45) is 0 Å². The smallest absolute Gasteiger partial charge is 0.337 e. The van der Waals surface area contributed by atoms with Gasteiger partial charge in [0.15, 0.2) is 10.3 Å². The summed E-state index contributed by atoms with van der Waals surface area (Å²) in [5, 5.41) is 12.3. The van der Waals surface area contributed by atoms with E-state index in [0.717, 1.165) is 5.69 Å². The van der Waals surface area contributed by atoms with Crippen LogP contribution in [0.5, 0.6) is 0 Å². The zero-order valence-corrected chi connectivity index (χ0v) is 20.6. The maximum absolute atomic E-state index is 12.6. The van der Waals surface area contributed by atoms with Crippen LogP contribution in [0.1, 0.15) is 16.2 Å². The molecule has 2 aromatic carbocycles. The monoisotopic (exact) mass is 523 g/mol. The van der Waals surface area contributed by atoms with Crippen LogP contribution >= 0.6 is 23.5 Å². The quantitative estimate of drug-likeness (QED) is 0.169. The lowest BCUT2D eigenvalue weighted by atomic mass is 10.2. The van der Waals surface area contributed by atoms with E-state index in [1.807, 2.05) is 34.9 Å². The van der Waals surface area contributed by atoms with Crippen LogP contribution in [0.25, 0.3) is 5.69 Å². The van der Waals surface area contributed by atoms with Crippen molar-refractivity contribution < 1.29 is 14.3 Å². The summed E-state index contributed by atoms with van der Waals surface area (Å²) in [6.07, 6.45) is 0. The van der Waals surface area contributed by atoms with E-state index in [-0.39, 0.29) is 23.0 Å². The van der Waals surface area contributed by atoms with Crippen molar-refractivity contribution in [3.63, 3.8) is 0 Å². The number of anilines is 2. The van der Waals surface area contributed by atoms with Gasteiger partial charge < -0.3 is 20.8 Å². The number of esters is 1. The number of carbonyl (C=O) groups excluding carboxylic acids is 2. The highest BCUT2D eigenvalue weighted by Gasteiger charge is 2.17. The summed E-state index contributed by atoms with van der Waals surface area (Å²) in [6.45, 7) is 0. The highest BCUT2D eigenvalue weighted by Crippen LogP contribution is 2.26. The Labute approximate surface area is 213 Å². The van der Waals surface area contributed by atoms with Crippen molar-refractivity contribution in [1.82, 2.24) is 24.7 Å². The van der Waals surface area contributed by atoms with Gasteiger partial charge in [-0.1, -0.05) is 41.7 Å². The highest BCUT2D eigenvalue weighted by molar-refractivity contribution is 7.99. The van der Waals surface area contributed by atoms with Crippen molar-refractivity contribution >= 4 is 46.9 Å². The van der Waals surface area contributed by atoms with Gasteiger partial charge in [-0.05, 0) is 36.4 Å². The molecular weight excluding hydrogens is 502 g/mol. The number of rotatable bonds is 9. The van der Waals surface area contributed by atoms with Crippen LogP contribution in [0.2, 0.25) is 0 Å². The molecule has 4 N–H and O–H groups in total. The molecule has 13 heteroatoms. The molecule has 0 unspecified atom stereocenters. The average Bonchev–Trinajstić information content (AvgIpc) is 3.29. The van der Waals surface area contributed by atoms with Gasteiger partial charge in [-0.15, -0.1) is 10.2 Å². The number of benzene rings is 2. The lowest BCUT2D eigenvalue weighted by molar-refractivity contribution is -0.113. The number of para-hydroxylation sites is 1. The number of methoxy groups -OCH3 is 1. The number of aromatic amines is 1. The fourth-order valence-corrected chi connectivity index (χ4v) is 4.68. The molecule has 0 saturated carbocycles. The summed E-state index contributed by atoms with van der Waals surface area (Å²) in [5.74, 6) is 0.487. The minimum atomic E-state index is -0.449. The van der Waals surface area contributed by atoms with E-state index in [1.165, 1.54) is 36.7 Å². The topological polar surface area (TPSA) is 158 Å². The summed E-state index contributed by atoms with van der Waals surface area (Å²) in [7, 11) is 1.31. The predicted octanol–water partition coefficient (Wildman–Crippen LogP) is 2.74. The molecule has 2 aromatic heterocycles. The number of nitrogen functional groups attached to an aromatic ring is 1. The van der Waals surface area contributed by atoms with Gasteiger partial charge >= 0.3 is 5.97 Å². The van der Waals surface area contributed by atoms with Gasteiger partial charge in [-0.25, -0.2) is 9.78 Å². The Morgan fingerprint density at radius 1 is 1.08 bits per heavy atom. The first kappa shape index (κ1) is 25.0. The SMILES string of the molecule is COC(=O)c1ccc(NC(=O)CSc2nnc(CSc3nc(N)cc(=O)[nH]3)n2-c2ccccc2)cc1. The Kier molecular flexibility index (Phi) is 8.02. The number of nitrogens with zero attached hydrogens (tertiary/aromatic N) is 4. The van der Waals surface area contributed by atoms with E-state index in [9.17, 15) is 14.4 Å². The van der Waals surface area contributed by atoms with Crippen LogP contribution in [0.3, 0.4) is 0 Å². The maximum Gasteiger partial charge on any atom is 0.337 e. The Morgan fingerprint density at radius 3 is 2.53 bits per heavy atom. The molecule has 0 fully saturated rings. The molecule has 1 amide bonds. The summed E-state index contributed by atoms with van der Waals surface area (Å²) in [6, 6.07) is 17.1. The molecule has 0 spiro atoms. The maximum atomic E-state index is 12.6. The van der Waals surface area contributed by atoms with Crippen molar-refractivity contribution in [3.05, 3.63) is 82.4 Å². The lowest BCUT2D eigenvalue weighted by Gasteiger charge is -2.10. The molecule has 0 atom stereocenters. The van der Waals surface area contributed by atoms with Crippen molar-refractivity contribution in [1.29, 1.82) is 0 Å². The fraction of sp³-hybridized carbons (Fsp3) is 0.130. The van der Waals surface area contributed by atoms with Gasteiger partial charge in [0.1, 0.15) is 11.6 Å². The Bertz CT molecular complexity index is 1420. The third kappa shape index (κ3) is 6.31. The van der Waals surface area contributed by atoms with Crippen LogP contribution in [-0.2, 0) is 15.3 Å². The van der Waals surface area contributed by atoms with E-state index in [2.05, 4.69) is 30.2 Å². The fourth-order valence-electron chi connectivity index (χ4n) is 3.11. The molecule has 0 aliphatic heterocycles. The van der Waals surface area contributed by atoms with Gasteiger partial charge in [0.2, 0.25) is 5.91 Å². The molecule has 0 aliphatic carbocycles. The molecule has 0 aliphatic rings. The zero-order chi connectivity index (χ0) is 25.5. The number of hydrogen-bond acceptors (Lipinski definition) is 10. The number of amides is 1. The first-order valence-electron chi connectivity index (χ1n) is 10.5. The second-order valence-electron chi connectivity index (χ2n) is 7.24.